The molecule has 3 heteroatoms. The first-order valence-electron chi connectivity index (χ1n) is 7.49. The van der Waals surface area contributed by atoms with Gasteiger partial charge in [0.05, 0.1) is 0 Å². The van der Waals surface area contributed by atoms with Crippen LogP contribution in [0.15, 0.2) is 24.3 Å². The zero-order chi connectivity index (χ0) is 13.5. The molecule has 3 N–H and O–H groups in total. The highest BCUT2D eigenvalue weighted by atomic mass is 16.2. The number of hydrogen-bond acceptors (Lipinski definition) is 3. The van der Waals surface area contributed by atoms with Crippen molar-refractivity contribution in [3.05, 3.63) is 29.8 Å². The van der Waals surface area contributed by atoms with E-state index in [1.165, 1.54) is 37.8 Å². The molecular weight excluding hydrogens is 236 g/mol. The second-order valence-corrected chi connectivity index (χ2v) is 5.58. The minimum atomic E-state index is 0.331. The first kappa shape index (κ1) is 14.4. The molecule has 0 bridgehead atoms. The molecule has 1 aromatic rings. The van der Waals surface area contributed by atoms with Crippen molar-refractivity contribution in [3.8, 4) is 0 Å². The summed E-state index contributed by atoms with van der Waals surface area (Å²) in [5.41, 5.74) is 7.92. The Morgan fingerprint density at radius 3 is 2.37 bits per heavy atom. The predicted molar refractivity (Wildman–Crippen MR) is 79.8 cm³/mol. The highest BCUT2D eigenvalue weighted by Gasteiger charge is 2.28. The smallest absolute Gasteiger partial charge is 0.0431 e. The van der Waals surface area contributed by atoms with E-state index in [9.17, 15) is 0 Å². The third-order valence-corrected chi connectivity index (χ3v) is 3.78. The summed E-state index contributed by atoms with van der Waals surface area (Å²) in [4.78, 5) is 2.60. The molecule has 19 heavy (non-hydrogen) atoms. The number of hydrogen-bond donors (Lipinski definition) is 2. The molecule has 0 heterocycles. The number of benzene rings is 1. The maximum atomic E-state index is 8.77. The summed E-state index contributed by atoms with van der Waals surface area (Å²) >= 11 is 0. The molecule has 0 unspecified atom stereocenters. The molecule has 1 aliphatic rings. The van der Waals surface area contributed by atoms with E-state index in [1.807, 2.05) is 12.1 Å². The van der Waals surface area contributed by atoms with E-state index in [2.05, 4.69) is 17.0 Å². The summed E-state index contributed by atoms with van der Waals surface area (Å²) in [5.74, 6) is 0. The van der Waals surface area contributed by atoms with Gasteiger partial charge in [0.2, 0.25) is 0 Å². The van der Waals surface area contributed by atoms with Gasteiger partial charge < -0.3 is 10.8 Å². The minimum Gasteiger partial charge on any atom is -0.399 e. The fourth-order valence-electron chi connectivity index (χ4n) is 2.47. The summed E-state index contributed by atoms with van der Waals surface area (Å²) in [6.45, 7) is 2.56. The van der Waals surface area contributed by atoms with Gasteiger partial charge in [-0.1, -0.05) is 25.0 Å². The topological polar surface area (TPSA) is 49.5 Å². The lowest BCUT2D eigenvalue weighted by Crippen LogP contribution is -2.26. The van der Waals surface area contributed by atoms with E-state index in [1.54, 1.807) is 0 Å². The fraction of sp³-hybridized carbons (Fsp3) is 0.625. The lowest BCUT2D eigenvalue weighted by molar-refractivity contribution is 0.244. The minimum absolute atomic E-state index is 0.331. The number of rotatable bonds is 9. The lowest BCUT2D eigenvalue weighted by Gasteiger charge is -2.22. The summed E-state index contributed by atoms with van der Waals surface area (Å²) in [7, 11) is 0. The molecule has 1 saturated carbocycles. The Hall–Kier alpha value is -1.06. The van der Waals surface area contributed by atoms with Gasteiger partial charge in [0.15, 0.2) is 0 Å². The summed E-state index contributed by atoms with van der Waals surface area (Å²) in [5, 5.41) is 8.77. The number of nitrogen functional groups attached to an aromatic ring is 1. The van der Waals surface area contributed by atoms with E-state index in [4.69, 9.17) is 10.8 Å². The zero-order valence-corrected chi connectivity index (χ0v) is 11.7. The average molecular weight is 262 g/mol. The largest absolute Gasteiger partial charge is 0.399 e. The van der Waals surface area contributed by atoms with Crippen molar-refractivity contribution in [2.75, 3.05) is 18.9 Å². The van der Waals surface area contributed by atoms with Gasteiger partial charge in [0.1, 0.15) is 0 Å². The van der Waals surface area contributed by atoms with E-state index in [0.717, 1.165) is 31.1 Å². The van der Waals surface area contributed by atoms with E-state index in [0.29, 0.717) is 6.61 Å². The molecule has 1 fully saturated rings. The number of aliphatic hydroxyl groups excluding tert-OH is 1. The Morgan fingerprint density at radius 2 is 1.74 bits per heavy atom. The van der Waals surface area contributed by atoms with Gasteiger partial charge in [-0.05, 0) is 49.9 Å². The monoisotopic (exact) mass is 262 g/mol. The molecule has 0 spiro atoms. The van der Waals surface area contributed by atoms with Crippen LogP contribution in [0.3, 0.4) is 0 Å². The molecule has 2 rings (SSSR count). The highest BCUT2D eigenvalue weighted by Crippen LogP contribution is 2.28. The third kappa shape index (κ3) is 5.21. The second kappa shape index (κ2) is 7.51. The van der Waals surface area contributed by atoms with Crippen molar-refractivity contribution >= 4 is 5.69 Å². The van der Waals surface area contributed by atoms with Crippen LogP contribution in [-0.2, 0) is 6.54 Å². The van der Waals surface area contributed by atoms with Gasteiger partial charge in [-0.2, -0.15) is 0 Å². The van der Waals surface area contributed by atoms with Crippen LogP contribution in [0, 0.1) is 0 Å². The van der Waals surface area contributed by atoms with Gasteiger partial charge in [-0.15, -0.1) is 0 Å². The van der Waals surface area contributed by atoms with Crippen molar-refractivity contribution in [2.24, 2.45) is 0 Å². The van der Waals surface area contributed by atoms with Crippen molar-refractivity contribution in [2.45, 2.75) is 51.1 Å². The Bertz CT molecular complexity index is 360. The molecule has 0 radical (unpaired) electrons. The number of anilines is 1. The van der Waals surface area contributed by atoms with E-state index in [-0.39, 0.29) is 0 Å². The Balaban J connectivity index is 1.75. The van der Waals surface area contributed by atoms with Crippen LogP contribution in [0.5, 0.6) is 0 Å². The lowest BCUT2D eigenvalue weighted by atomic mass is 10.1. The van der Waals surface area contributed by atoms with Gasteiger partial charge in [-0.3, -0.25) is 4.90 Å². The van der Waals surface area contributed by atoms with Crippen LogP contribution >= 0.6 is 0 Å². The van der Waals surface area contributed by atoms with Crippen LogP contribution in [0.4, 0.5) is 5.69 Å². The molecule has 1 aliphatic carbocycles. The molecule has 0 amide bonds. The van der Waals surface area contributed by atoms with Crippen molar-refractivity contribution < 1.29 is 5.11 Å². The normalized spacial score (nSPS) is 15.1. The number of unbranched alkanes of at least 4 members (excludes halogenated alkanes) is 3. The Kier molecular flexibility index (Phi) is 5.67. The maximum Gasteiger partial charge on any atom is 0.0431 e. The van der Waals surface area contributed by atoms with Crippen molar-refractivity contribution in [3.63, 3.8) is 0 Å². The Labute approximate surface area is 116 Å². The van der Waals surface area contributed by atoms with E-state index >= 15 is 0 Å². The molecule has 0 aromatic heterocycles. The first-order valence-corrected chi connectivity index (χ1v) is 7.49. The zero-order valence-electron chi connectivity index (χ0n) is 11.7. The first-order chi connectivity index (χ1) is 9.29. The third-order valence-electron chi connectivity index (χ3n) is 3.78. The van der Waals surface area contributed by atoms with Crippen LogP contribution in [-0.4, -0.2) is 29.2 Å². The van der Waals surface area contributed by atoms with Crippen molar-refractivity contribution in [1.82, 2.24) is 4.90 Å². The summed E-state index contributed by atoms with van der Waals surface area (Å²) in [6, 6.07) is 9.05. The predicted octanol–water partition coefficient (Wildman–Crippen LogP) is 2.79. The number of aliphatic hydroxyl groups is 1. The standard InChI is InChI=1S/C16H26N2O/c17-15-7-5-14(6-8-15)13-18(16-9-10-16)11-3-1-2-4-12-19/h5-8,16,19H,1-4,9-13,17H2. The van der Waals surface area contributed by atoms with E-state index < -0.39 is 0 Å². The van der Waals surface area contributed by atoms with Crippen LogP contribution in [0.2, 0.25) is 0 Å². The quantitative estimate of drug-likeness (QED) is 0.531. The number of nitrogens with zero attached hydrogens (tertiary/aromatic N) is 1. The van der Waals surface area contributed by atoms with Crippen LogP contribution in [0.1, 0.15) is 44.1 Å². The summed E-state index contributed by atoms with van der Waals surface area (Å²) in [6.07, 6.45) is 7.27. The molecular formula is C16H26N2O. The highest BCUT2D eigenvalue weighted by molar-refractivity contribution is 5.39. The maximum absolute atomic E-state index is 8.77. The van der Waals surface area contributed by atoms with Gasteiger partial charge in [-0.25, -0.2) is 0 Å². The Morgan fingerprint density at radius 1 is 1.05 bits per heavy atom. The molecule has 0 saturated heterocycles. The molecule has 1 aromatic carbocycles. The SMILES string of the molecule is Nc1ccc(CN(CCCCCCO)C2CC2)cc1. The van der Waals surface area contributed by atoms with Gasteiger partial charge >= 0.3 is 0 Å². The van der Waals surface area contributed by atoms with Crippen molar-refractivity contribution in [1.29, 1.82) is 0 Å². The molecule has 0 aliphatic heterocycles. The fourth-order valence-corrected chi connectivity index (χ4v) is 2.47. The number of nitrogens with two attached hydrogens (primary N) is 1. The van der Waals surface area contributed by atoms with Gasteiger partial charge in [0, 0.05) is 24.9 Å². The summed E-state index contributed by atoms with van der Waals surface area (Å²) < 4.78 is 0. The molecule has 3 nitrogen and oxygen atoms in total. The van der Waals surface area contributed by atoms with Crippen LogP contribution < -0.4 is 5.73 Å². The average Bonchev–Trinajstić information content (AvgIpc) is 3.24. The second-order valence-electron chi connectivity index (χ2n) is 5.58. The molecule has 0 atom stereocenters. The van der Waals surface area contributed by atoms with Gasteiger partial charge in [0.25, 0.3) is 0 Å². The molecule has 106 valence electrons. The van der Waals surface area contributed by atoms with Crippen LogP contribution in [0.25, 0.3) is 0 Å².